The van der Waals surface area contributed by atoms with E-state index >= 15 is 0 Å². The van der Waals surface area contributed by atoms with Gasteiger partial charge in [-0.05, 0) is 19.0 Å². The molecule has 1 aromatic heterocycles. The number of nitrogens with zero attached hydrogens (tertiary/aromatic N) is 2. The zero-order valence-electron chi connectivity index (χ0n) is 10.4. The van der Waals surface area contributed by atoms with E-state index in [0.29, 0.717) is 11.9 Å². The fourth-order valence-electron chi connectivity index (χ4n) is 1.63. The Morgan fingerprint density at radius 2 is 2.12 bits per heavy atom. The minimum atomic E-state index is 0.309. The molecule has 0 aliphatic heterocycles. The molecule has 0 radical (unpaired) electrons. The molecule has 0 amide bonds. The predicted octanol–water partition coefficient (Wildman–Crippen LogP) is 2.33. The summed E-state index contributed by atoms with van der Waals surface area (Å²) in [6, 6.07) is 4.15. The number of rotatable bonds is 7. The van der Waals surface area contributed by atoms with Gasteiger partial charge in [0.1, 0.15) is 0 Å². The summed E-state index contributed by atoms with van der Waals surface area (Å²) in [7, 11) is 1.60. The summed E-state index contributed by atoms with van der Waals surface area (Å²) in [5.41, 5.74) is 0.996. The first-order chi connectivity index (χ1) is 7.81. The highest BCUT2D eigenvalue weighted by molar-refractivity contribution is 5.14. The lowest BCUT2D eigenvalue weighted by molar-refractivity contribution is 0.388. The van der Waals surface area contributed by atoms with Crippen LogP contribution in [0.4, 0.5) is 0 Å². The second kappa shape index (κ2) is 7.17. The molecule has 0 spiro atoms. The number of hydrogen-bond donors (Lipinski definition) is 1. The molecule has 1 N–H and O–H groups in total. The van der Waals surface area contributed by atoms with Gasteiger partial charge in [0.2, 0.25) is 5.88 Å². The van der Waals surface area contributed by atoms with Crippen molar-refractivity contribution in [2.45, 2.75) is 39.2 Å². The quantitative estimate of drug-likeness (QED) is 0.770. The first-order valence-electron chi connectivity index (χ1n) is 5.92. The molecule has 16 heavy (non-hydrogen) atoms. The van der Waals surface area contributed by atoms with E-state index in [2.05, 4.69) is 29.4 Å². The first kappa shape index (κ1) is 12.9. The highest BCUT2D eigenvalue weighted by Crippen LogP contribution is 2.17. The minimum Gasteiger partial charge on any atom is -0.480 e. The smallest absolute Gasteiger partial charge is 0.233 e. The van der Waals surface area contributed by atoms with Crippen molar-refractivity contribution >= 4 is 0 Å². The van der Waals surface area contributed by atoms with Gasteiger partial charge in [-0.25, -0.2) is 0 Å². The molecule has 0 aliphatic rings. The van der Waals surface area contributed by atoms with Gasteiger partial charge < -0.3 is 10.1 Å². The van der Waals surface area contributed by atoms with Gasteiger partial charge in [0.25, 0.3) is 0 Å². The highest BCUT2D eigenvalue weighted by atomic mass is 16.5. The van der Waals surface area contributed by atoms with Crippen molar-refractivity contribution in [2.24, 2.45) is 0 Å². The Hall–Kier alpha value is -1.16. The van der Waals surface area contributed by atoms with Gasteiger partial charge in [-0.15, -0.1) is 5.10 Å². The van der Waals surface area contributed by atoms with Crippen LogP contribution in [0, 0.1) is 0 Å². The Morgan fingerprint density at radius 1 is 1.31 bits per heavy atom. The maximum Gasteiger partial charge on any atom is 0.233 e. The molecule has 90 valence electrons. The summed E-state index contributed by atoms with van der Waals surface area (Å²) in [5.74, 6) is 0.564. The van der Waals surface area contributed by atoms with Crippen LogP contribution in [0.2, 0.25) is 0 Å². The molecule has 1 atom stereocenters. The number of unbranched alkanes of at least 4 members (excludes halogenated alkanes) is 1. The van der Waals surface area contributed by atoms with E-state index in [1.54, 1.807) is 7.11 Å². The summed E-state index contributed by atoms with van der Waals surface area (Å²) in [5, 5.41) is 11.6. The van der Waals surface area contributed by atoms with Gasteiger partial charge in [-0.2, -0.15) is 5.10 Å². The van der Waals surface area contributed by atoms with Gasteiger partial charge in [-0.1, -0.05) is 26.7 Å². The molecule has 4 nitrogen and oxygen atoms in total. The van der Waals surface area contributed by atoms with Crippen LogP contribution in [-0.2, 0) is 0 Å². The van der Waals surface area contributed by atoms with Crippen LogP contribution in [0.5, 0.6) is 5.88 Å². The standard InChI is InChI=1S/C12H21N3O/c1-4-6-7-10(13-5-2)11-8-9-12(16-3)15-14-11/h8-10,13H,4-7H2,1-3H3. The fourth-order valence-corrected chi connectivity index (χ4v) is 1.63. The van der Waals surface area contributed by atoms with Crippen LogP contribution in [0.1, 0.15) is 44.8 Å². The maximum atomic E-state index is 5.00. The van der Waals surface area contributed by atoms with Crippen molar-refractivity contribution in [3.05, 3.63) is 17.8 Å². The van der Waals surface area contributed by atoms with Crippen LogP contribution in [0.15, 0.2) is 12.1 Å². The number of hydrogen-bond acceptors (Lipinski definition) is 4. The topological polar surface area (TPSA) is 47.0 Å². The molecule has 4 heteroatoms. The van der Waals surface area contributed by atoms with Crippen molar-refractivity contribution < 1.29 is 4.74 Å². The zero-order chi connectivity index (χ0) is 11.8. The molecule has 0 aromatic carbocycles. The summed E-state index contributed by atoms with van der Waals surface area (Å²) < 4.78 is 5.00. The number of nitrogens with one attached hydrogen (secondary N) is 1. The Labute approximate surface area is 97.4 Å². The van der Waals surface area contributed by atoms with Crippen molar-refractivity contribution in [3.63, 3.8) is 0 Å². The molecule has 0 saturated heterocycles. The van der Waals surface area contributed by atoms with Crippen molar-refractivity contribution in [1.82, 2.24) is 15.5 Å². The average Bonchev–Trinajstić information content (AvgIpc) is 2.35. The summed E-state index contributed by atoms with van der Waals surface area (Å²) in [6.45, 7) is 5.25. The average molecular weight is 223 g/mol. The van der Waals surface area contributed by atoms with Crippen molar-refractivity contribution in [1.29, 1.82) is 0 Å². The molecule has 1 aromatic rings. The number of ether oxygens (including phenoxy) is 1. The van der Waals surface area contributed by atoms with Crippen LogP contribution < -0.4 is 10.1 Å². The second-order valence-corrected chi connectivity index (χ2v) is 3.75. The van der Waals surface area contributed by atoms with E-state index in [-0.39, 0.29) is 0 Å². The van der Waals surface area contributed by atoms with E-state index in [1.165, 1.54) is 12.8 Å². The molecule has 1 rings (SSSR count). The third kappa shape index (κ3) is 3.77. The Kier molecular flexibility index (Phi) is 5.78. The Morgan fingerprint density at radius 3 is 2.62 bits per heavy atom. The molecule has 0 saturated carbocycles. The van der Waals surface area contributed by atoms with E-state index < -0.39 is 0 Å². The lowest BCUT2D eigenvalue weighted by Gasteiger charge is -2.16. The summed E-state index contributed by atoms with van der Waals surface area (Å²) >= 11 is 0. The van der Waals surface area contributed by atoms with Gasteiger partial charge >= 0.3 is 0 Å². The number of aromatic nitrogens is 2. The van der Waals surface area contributed by atoms with Crippen molar-refractivity contribution in [2.75, 3.05) is 13.7 Å². The van der Waals surface area contributed by atoms with Gasteiger partial charge in [0.15, 0.2) is 0 Å². The molecule has 1 unspecified atom stereocenters. The molecule has 0 bridgehead atoms. The molecular formula is C12H21N3O. The normalized spacial score (nSPS) is 12.4. The maximum absolute atomic E-state index is 5.00. The van der Waals surface area contributed by atoms with Gasteiger partial charge in [0.05, 0.1) is 18.8 Å². The van der Waals surface area contributed by atoms with Crippen LogP contribution in [0.3, 0.4) is 0 Å². The Bertz CT molecular complexity index is 287. The first-order valence-corrected chi connectivity index (χ1v) is 5.92. The zero-order valence-corrected chi connectivity index (χ0v) is 10.4. The van der Waals surface area contributed by atoms with Crippen LogP contribution in [0.25, 0.3) is 0 Å². The Balaban J connectivity index is 2.67. The van der Waals surface area contributed by atoms with E-state index in [4.69, 9.17) is 4.74 Å². The molecule has 1 heterocycles. The third-order valence-electron chi connectivity index (χ3n) is 2.52. The lowest BCUT2D eigenvalue weighted by atomic mass is 10.1. The molecular weight excluding hydrogens is 202 g/mol. The number of methoxy groups -OCH3 is 1. The minimum absolute atomic E-state index is 0.309. The monoisotopic (exact) mass is 223 g/mol. The molecule has 0 fully saturated rings. The summed E-state index contributed by atoms with van der Waals surface area (Å²) in [6.07, 6.45) is 3.50. The van der Waals surface area contributed by atoms with E-state index in [1.807, 2.05) is 12.1 Å². The van der Waals surface area contributed by atoms with E-state index in [0.717, 1.165) is 18.7 Å². The van der Waals surface area contributed by atoms with Gasteiger partial charge in [0, 0.05) is 6.07 Å². The summed E-state index contributed by atoms with van der Waals surface area (Å²) in [4.78, 5) is 0. The highest BCUT2D eigenvalue weighted by Gasteiger charge is 2.11. The predicted molar refractivity (Wildman–Crippen MR) is 64.5 cm³/mol. The lowest BCUT2D eigenvalue weighted by Crippen LogP contribution is -2.22. The third-order valence-corrected chi connectivity index (χ3v) is 2.52. The largest absolute Gasteiger partial charge is 0.480 e. The van der Waals surface area contributed by atoms with Crippen LogP contribution in [-0.4, -0.2) is 23.9 Å². The van der Waals surface area contributed by atoms with E-state index in [9.17, 15) is 0 Å². The fraction of sp³-hybridized carbons (Fsp3) is 0.667. The molecule has 0 aliphatic carbocycles. The van der Waals surface area contributed by atoms with Crippen LogP contribution >= 0.6 is 0 Å². The second-order valence-electron chi connectivity index (χ2n) is 3.75. The van der Waals surface area contributed by atoms with Crippen molar-refractivity contribution in [3.8, 4) is 5.88 Å². The SMILES string of the molecule is CCCCC(NCC)c1ccc(OC)nn1. The van der Waals surface area contributed by atoms with Gasteiger partial charge in [-0.3, -0.25) is 0 Å².